The molecule has 0 bridgehead atoms. The van der Waals surface area contributed by atoms with Crippen LogP contribution >= 0.6 is 0 Å². The number of rotatable bonds is 2. The zero-order valence-electron chi connectivity index (χ0n) is 11.5. The van der Waals surface area contributed by atoms with Gasteiger partial charge in [-0.15, -0.1) is 0 Å². The molecule has 7 nitrogen and oxygen atoms in total. The van der Waals surface area contributed by atoms with E-state index < -0.39 is 0 Å². The predicted molar refractivity (Wildman–Crippen MR) is 73.4 cm³/mol. The summed E-state index contributed by atoms with van der Waals surface area (Å²) in [5.41, 5.74) is 3.12. The van der Waals surface area contributed by atoms with Crippen molar-refractivity contribution in [1.29, 1.82) is 0 Å². The Labute approximate surface area is 116 Å². The van der Waals surface area contributed by atoms with Gasteiger partial charge in [-0.1, -0.05) is 0 Å². The molecule has 20 heavy (non-hydrogen) atoms. The lowest BCUT2D eigenvalue weighted by molar-refractivity contribution is -0.117. The minimum absolute atomic E-state index is 0.133. The lowest BCUT2D eigenvalue weighted by atomic mass is 10.2. The van der Waals surface area contributed by atoms with Gasteiger partial charge < -0.3 is 0 Å². The Morgan fingerprint density at radius 1 is 1.20 bits per heavy atom. The van der Waals surface area contributed by atoms with Gasteiger partial charge in [0.15, 0.2) is 0 Å². The zero-order valence-corrected chi connectivity index (χ0v) is 11.5. The number of nitrogens with zero attached hydrogens (tertiary/aromatic N) is 6. The minimum Gasteiger partial charge on any atom is -0.272 e. The van der Waals surface area contributed by atoms with Gasteiger partial charge in [-0.3, -0.25) is 9.48 Å². The second kappa shape index (κ2) is 4.52. The Hall–Kier alpha value is -2.57. The Bertz CT molecular complexity index is 697. The highest BCUT2D eigenvalue weighted by molar-refractivity contribution is 6.18. The van der Waals surface area contributed by atoms with Crippen molar-refractivity contribution in [3.05, 3.63) is 35.4 Å². The average Bonchev–Trinajstić information content (AvgIpc) is 2.94. The van der Waals surface area contributed by atoms with Crippen LogP contribution in [0, 0.1) is 13.8 Å². The van der Waals surface area contributed by atoms with Gasteiger partial charge >= 0.3 is 0 Å². The number of aryl methyl sites for hydroxylation is 3. The first-order valence-corrected chi connectivity index (χ1v) is 6.25. The number of hydrogen-bond donors (Lipinski definition) is 0. The SMILES string of the molecule is Cc1cc(C)nc(N2N=C(c3ccnn3C)CC2=O)n1. The van der Waals surface area contributed by atoms with Crippen LogP contribution in [0.25, 0.3) is 0 Å². The van der Waals surface area contributed by atoms with E-state index in [1.54, 1.807) is 10.9 Å². The molecular weight excluding hydrogens is 256 g/mol. The van der Waals surface area contributed by atoms with Gasteiger partial charge in [0.2, 0.25) is 0 Å². The van der Waals surface area contributed by atoms with Crippen molar-refractivity contribution in [2.24, 2.45) is 12.1 Å². The largest absolute Gasteiger partial charge is 0.272 e. The maximum Gasteiger partial charge on any atom is 0.256 e. The van der Waals surface area contributed by atoms with E-state index in [4.69, 9.17) is 0 Å². The van der Waals surface area contributed by atoms with Crippen molar-refractivity contribution in [1.82, 2.24) is 19.7 Å². The number of amides is 1. The highest BCUT2D eigenvalue weighted by Crippen LogP contribution is 2.20. The van der Waals surface area contributed by atoms with Crippen molar-refractivity contribution in [2.75, 3.05) is 5.01 Å². The summed E-state index contributed by atoms with van der Waals surface area (Å²) < 4.78 is 1.69. The fraction of sp³-hybridized carbons (Fsp3) is 0.308. The molecule has 0 radical (unpaired) electrons. The molecule has 0 aromatic carbocycles. The third-order valence-corrected chi connectivity index (χ3v) is 3.05. The van der Waals surface area contributed by atoms with E-state index in [0.29, 0.717) is 11.7 Å². The topological polar surface area (TPSA) is 76.3 Å². The molecular formula is C13H14N6O. The summed E-state index contributed by atoms with van der Waals surface area (Å²) in [4.78, 5) is 20.7. The van der Waals surface area contributed by atoms with Crippen LogP contribution < -0.4 is 5.01 Å². The van der Waals surface area contributed by atoms with E-state index in [9.17, 15) is 4.79 Å². The quantitative estimate of drug-likeness (QED) is 0.814. The Morgan fingerprint density at radius 3 is 2.50 bits per heavy atom. The summed E-state index contributed by atoms with van der Waals surface area (Å²) in [6.07, 6.45) is 1.91. The molecule has 0 aliphatic carbocycles. The van der Waals surface area contributed by atoms with Gasteiger partial charge in [0.1, 0.15) is 0 Å². The van der Waals surface area contributed by atoms with E-state index in [1.165, 1.54) is 5.01 Å². The molecule has 0 saturated carbocycles. The zero-order chi connectivity index (χ0) is 14.3. The first-order valence-electron chi connectivity index (χ1n) is 6.25. The molecule has 1 aliphatic heterocycles. The molecule has 0 N–H and O–H groups in total. The molecule has 7 heteroatoms. The van der Waals surface area contributed by atoms with E-state index in [1.807, 2.05) is 33.0 Å². The Balaban J connectivity index is 2.00. The van der Waals surface area contributed by atoms with Gasteiger partial charge in [0, 0.05) is 24.6 Å². The molecule has 3 rings (SSSR count). The molecule has 2 aromatic heterocycles. The Morgan fingerprint density at radius 2 is 1.90 bits per heavy atom. The summed E-state index contributed by atoms with van der Waals surface area (Å²) in [7, 11) is 1.82. The summed E-state index contributed by atoms with van der Waals surface area (Å²) in [6.45, 7) is 3.73. The van der Waals surface area contributed by atoms with E-state index >= 15 is 0 Å². The van der Waals surface area contributed by atoms with Crippen LogP contribution in [0.15, 0.2) is 23.4 Å². The third-order valence-electron chi connectivity index (χ3n) is 3.05. The number of carbonyl (C=O) groups is 1. The van der Waals surface area contributed by atoms with Gasteiger partial charge in [0.05, 0.1) is 17.8 Å². The summed E-state index contributed by atoms with van der Waals surface area (Å²) >= 11 is 0. The van der Waals surface area contributed by atoms with Crippen LogP contribution in [0.4, 0.5) is 5.95 Å². The number of carbonyl (C=O) groups excluding carboxylic acids is 1. The highest BCUT2D eigenvalue weighted by Gasteiger charge is 2.29. The Kier molecular flexibility index (Phi) is 2.81. The first-order chi connectivity index (χ1) is 9.54. The average molecular weight is 270 g/mol. The van der Waals surface area contributed by atoms with Crippen molar-refractivity contribution < 1.29 is 4.79 Å². The predicted octanol–water partition coefficient (Wildman–Crippen LogP) is 0.968. The lowest BCUT2D eigenvalue weighted by Crippen LogP contribution is -2.22. The molecule has 1 amide bonds. The fourth-order valence-electron chi connectivity index (χ4n) is 2.19. The van der Waals surface area contributed by atoms with E-state index in [0.717, 1.165) is 17.1 Å². The molecule has 0 unspecified atom stereocenters. The number of hydrazone groups is 1. The maximum absolute atomic E-state index is 12.1. The van der Waals surface area contributed by atoms with E-state index in [2.05, 4.69) is 20.2 Å². The third kappa shape index (κ3) is 2.07. The maximum atomic E-state index is 12.1. The van der Waals surface area contributed by atoms with Crippen LogP contribution in [-0.4, -0.2) is 31.4 Å². The van der Waals surface area contributed by atoms with Crippen LogP contribution in [0.2, 0.25) is 0 Å². The summed E-state index contributed by atoms with van der Waals surface area (Å²) in [6, 6.07) is 3.69. The molecule has 0 spiro atoms. The highest BCUT2D eigenvalue weighted by atomic mass is 16.2. The van der Waals surface area contributed by atoms with Crippen molar-refractivity contribution >= 4 is 17.6 Å². The van der Waals surface area contributed by atoms with Gasteiger partial charge in [0.25, 0.3) is 11.9 Å². The van der Waals surface area contributed by atoms with Crippen molar-refractivity contribution in [3.63, 3.8) is 0 Å². The molecule has 0 fully saturated rings. The molecule has 1 aliphatic rings. The smallest absolute Gasteiger partial charge is 0.256 e. The van der Waals surface area contributed by atoms with Gasteiger partial charge in [-0.05, 0) is 26.0 Å². The first kappa shape index (κ1) is 12.5. The number of hydrogen-bond acceptors (Lipinski definition) is 5. The fourth-order valence-corrected chi connectivity index (χ4v) is 2.19. The van der Waals surface area contributed by atoms with Crippen molar-refractivity contribution in [2.45, 2.75) is 20.3 Å². The van der Waals surface area contributed by atoms with Gasteiger partial charge in [-0.2, -0.15) is 15.2 Å². The number of aromatic nitrogens is 4. The second-order valence-corrected chi connectivity index (χ2v) is 4.72. The minimum atomic E-state index is -0.133. The van der Waals surface area contributed by atoms with Crippen molar-refractivity contribution in [3.8, 4) is 0 Å². The molecule has 102 valence electrons. The van der Waals surface area contributed by atoms with Gasteiger partial charge in [-0.25, -0.2) is 9.97 Å². The van der Waals surface area contributed by atoms with Crippen LogP contribution in [0.3, 0.4) is 0 Å². The molecule has 0 saturated heterocycles. The van der Waals surface area contributed by atoms with Crippen LogP contribution in [-0.2, 0) is 11.8 Å². The standard InChI is InChI=1S/C13H14N6O/c1-8-6-9(2)16-13(15-8)19-12(20)7-10(17-19)11-4-5-14-18(11)3/h4-6H,7H2,1-3H3. The van der Waals surface area contributed by atoms with Crippen LogP contribution in [0.1, 0.15) is 23.5 Å². The second-order valence-electron chi connectivity index (χ2n) is 4.72. The summed E-state index contributed by atoms with van der Waals surface area (Å²) in [5, 5.41) is 9.69. The molecule has 2 aromatic rings. The lowest BCUT2D eigenvalue weighted by Gasteiger charge is -2.10. The van der Waals surface area contributed by atoms with Crippen LogP contribution in [0.5, 0.6) is 0 Å². The normalized spacial score (nSPS) is 14.8. The monoisotopic (exact) mass is 270 g/mol. The summed E-state index contributed by atoms with van der Waals surface area (Å²) in [5.74, 6) is 0.191. The van der Waals surface area contributed by atoms with E-state index in [-0.39, 0.29) is 12.3 Å². The molecule has 3 heterocycles. The number of anilines is 1. The molecule has 0 atom stereocenters.